The SMILES string of the molecule is Cc1nn(Cc2ccc(Cl)cc2)c(Cl)c1/C=N\Nc1ccc(C(=O)O)cc1. The Kier molecular flexibility index (Phi) is 5.78. The molecule has 2 aromatic carbocycles. The van der Waals surface area contributed by atoms with Crippen LogP contribution >= 0.6 is 23.2 Å². The number of carboxylic acids is 1. The van der Waals surface area contributed by atoms with Crippen molar-refractivity contribution in [3.63, 3.8) is 0 Å². The van der Waals surface area contributed by atoms with E-state index in [4.69, 9.17) is 28.3 Å². The van der Waals surface area contributed by atoms with Gasteiger partial charge in [0, 0.05) is 5.02 Å². The van der Waals surface area contributed by atoms with Gasteiger partial charge in [-0.3, -0.25) is 5.43 Å². The molecular formula is C19H16Cl2N4O2. The minimum absolute atomic E-state index is 0.215. The van der Waals surface area contributed by atoms with Gasteiger partial charge in [-0.15, -0.1) is 0 Å². The van der Waals surface area contributed by atoms with E-state index in [1.54, 1.807) is 23.0 Å². The Morgan fingerprint density at radius 1 is 1.19 bits per heavy atom. The van der Waals surface area contributed by atoms with Crippen LogP contribution in [0.5, 0.6) is 0 Å². The lowest BCUT2D eigenvalue weighted by atomic mass is 10.2. The van der Waals surface area contributed by atoms with E-state index in [1.165, 1.54) is 12.1 Å². The van der Waals surface area contributed by atoms with Gasteiger partial charge in [-0.05, 0) is 48.9 Å². The highest BCUT2D eigenvalue weighted by molar-refractivity contribution is 6.32. The van der Waals surface area contributed by atoms with Crippen molar-refractivity contribution in [1.82, 2.24) is 9.78 Å². The van der Waals surface area contributed by atoms with Gasteiger partial charge in [0.15, 0.2) is 0 Å². The van der Waals surface area contributed by atoms with Gasteiger partial charge in [-0.1, -0.05) is 35.3 Å². The molecule has 0 atom stereocenters. The second kappa shape index (κ2) is 8.24. The summed E-state index contributed by atoms with van der Waals surface area (Å²) in [5.41, 5.74) is 6.22. The molecule has 0 spiro atoms. The number of anilines is 1. The third kappa shape index (κ3) is 4.67. The van der Waals surface area contributed by atoms with Gasteiger partial charge in [0.25, 0.3) is 0 Å². The molecule has 8 heteroatoms. The number of halogens is 2. The zero-order valence-electron chi connectivity index (χ0n) is 14.4. The largest absolute Gasteiger partial charge is 0.478 e. The van der Waals surface area contributed by atoms with Crippen molar-refractivity contribution < 1.29 is 9.90 Å². The minimum Gasteiger partial charge on any atom is -0.478 e. The van der Waals surface area contributed by atoms with Gasteiger partial charge in [0.05, 0.1) is 35.3 Å². The first-order valence-corrected chi connectivity index (χ1v) is 8.79. The Bertz CT molecular complexity index is 980. The Balaban J connectivity index is 1.71. The molecule has 1 heterocycles. The smallest absolute Gasteiger partial charge is 0.335 e. The molecule has 0 unspecified atom stereocenters. The van der Waals surface area contributed by atoms with Gasteiger partial charge in [0.2, 0.25) is 0 Å². The van der Waals surface area contributed by atoms with Crippen LogP contribution in [0.25, 0.3) is 0 Å². The molecule has 0 aliphatic heterocycles. The zero-order chi connectivity index (χ0) is 19.4. The predicted molar refractivity (Wildman–Crippen MR) is 107 cm³/mol. The number of hydrogen-bond acceptors (Lipinski definition) is 4. The number of nitrogens with zero attached hydrogens (tertiary/aromatic N) is 3. The van der Waals surface area contributed by atoms with E-state index in [-0.39, 0.29) is 5.56 Å². The van der Waals surface area contributed by atoms with Gasteiger partial charge in [0.1, 0.15) is 5.15 Å². The number of carbonyl (C=O) groups is 1. The summed E-state index contributed by atoms with van der Waals surface area (Å²) in [5, 5.41) is 18.7. The molecule has 3 rings (SSSR count). The normalized spacial score (nSPS) is 11.1. The van der Waals surface area contributed by atoms with Crippen LogP contribution < -0.4 is 5.43 Å². The number of hydrazone groups is 1. The van der Waals surface area contributed by atoms with Crippen molar-refractivity contribution >= 4 is 41.1 Å². The van der Waals surface area contributed by atoms with Crippen LogP contribution in [0.4, 0.5) is 5.69 Å². The van der Waals surface area contributed by atoms with Crippen molar-refractivity contribution in [2.24, 2.45) is 5.10 Å². The predicted octanol–water partition coefficient (Wildman–Crippen LogP) is 4.69. The first kappa shape index (κ1) is 18.9. The fourth-order valence-electron chi connectivity index (χ4n) is 2.44. The van der Waals surface area contributed by atoms with E-state index in [9.17, 15) is 4.79 Å². The summed E-state index contributed by atoms with van der Waals surface area (Å²) in [5.74, 6) is -0.972. The number of aromatic carboxylic acids is 1. The van der Waals surface area contributed by atoms with Crippen LogP contribution in [0.15, 0.2) is 53.6 Å². The highest BCUT2D eigenvalue weighted by atomic mass is 35.5. The van der Waals surface area contributed by atoms with Crippen LogP contribution in [0.2, 0.25) is 10.2 Å². The summed E-state index contributed by atoms with van der Waals surface area (Å²) >= 11 is 12.3. The van der Waals surface area contributed by atoms with Crippen LogP contribution in [0.3, 0.4) is 0 Å². The van der Waals surface area contributed by atoms with E-state index >= 15 is 0 Å². The molecule has 27 heavy (non-hydrogen) atoms. The van der Waals surface area contributed by atoms with Crippen LogP contribution in [-0.2, 0) is 6.54 Å². The molecule has 0 bridgehead atoms. The molecule has 0 radical (unpaired) electrons. The van der Waals surface area contributed by atoms with Crippen LogP contribution in [0, 0.1) is 6.92 Å². The number of carboxylic acid groups (broad SMARTS) is 1. The van der Waals surface area contributed by atoms with E-state index in [0.717, 1.165) is 11.3 Å². The number of aromatic nitrogens is 2. The highest BCUT2D eigenvalue weighted by Crippen LogP contribution is 2.20. The highest BCUT2D eigenvalue weighted by Gasteiger charge is 2.12. The molecule has 0 saturated carbocycles. The summed E-state index contributed by atoms with van der Waals surface area (Å²) in [7, 11) is 0. The standard InChI is InChI=1S/C19H16Cl2N4O2/c1-12-17(10-22-23-16-8-4-14(5-9-16)19(26)27)18(21)25(24-12)11-13-2-6-15(20)7-3-13/h2-10,23H,11H2,1H3,(H,26,27)/b22-10-. The maximum absolute atomic E-state index is 10.9. The van der Waals surface area contributed by atoms with Crippen molar-refractivity contribution in [2.45, 2.75) is 13.5 Å². The molecule has 2 N–H and O–H groups in total. The Morgan fingerprint density at radius 3 is 2.48 bits per heavy atom. The minimum atomic E-state index is -0.972. The lowest BCUT2D eigenvalue weighted by Gasteiger charge is -2.04. The van der Waals surface area contributed by atoms with E-state index in [2.05, 4.69) is 15.6 Å². The molecule has 0 aliphatic rings. The molecule has 0 fully saturated rings. The Labute approximate surface area is 166 Å². The zero-order valence-corrected chi connectivity index (χ0v) is 15.9. The topological polar surface area (TPSA) is 79.5 Å². The monoisotopic (exact) mass is 402 g/mol. The number of hydrogen-bond donors (Lipinski definition) is 2. The number of rotatable bonds is 6. The summed E-state index contributed by atoms with van der Waals surface area (Å²) in [6.07, 6.45) is 1.59. The van der Waals surface area contributed by atoms with Crippen molar-refractivity contribution in [2.75, 3.05) is 5.43 Å². The molecule has 1 aromatic heterocycles. The fourth-order valence-corrected chi connectivity index (χ4v) is 2.85. The van der Waals surface area contributed by atoms with Gasteiger partial charge in [-0.2, -0.15) is 10.2 Å². The first-order valence-electron chi connectivity index (χ1n) is 8.04. The van der Waals surface area contributed by atoms with Gasteiger partial charge < -0.3 is 5.11 Å². The fraction of sp³-hybridized carbons (Fsp3) is 0.105. The molecule has 3 aromatic rings. The van der Waals surface area contributed by atoms with Crippen LogP contribution in [0.1, 0.15) is 27.2 Å². The second-order valence-electron chi connectivity index (χ2n) is 5.83. The Hall–Kier alpha value is -2.83. The molecule has 138 valence electrons. The summed E-state index contributed by atoms with van der Waals surface area (Å²) in [6.45, 7) is 2.38. The second-order valence-corrected chi connectivity index (χ2v) is 6.62. The molecule has 0 amide bonds. The maximum atomic E-state index is 10.9. The summed E-state index contributed by atoms with van der Waals surface area (Å²) in [4.78, 5) is 10.9. The van der Waals surface area contributed by atoms with E-state index in [0.29, 0.717) is 28.0 Å². The van der Waals surface area contributed by atoms with E-state index < -0.39 is 5.97 Å². The number of nitrogens with one attached hydrogen (secondary N) is 1. The third-order valence-corrected chi connectivity index (χ3v) is 4.52. The van der Waals surface area contributed by atoms with Crippen molar-refractivity contribution in [3.8, 4) is 0 Å². The van der Waals surface area contributed by atoms with Crippen molar-refractivity contribution in [1.29, 1.82) is 0 Å². The molecule has 0 aliphatic carbocycles. The summed E-state index contributed by atoms with van der Waals surface area (Å²) < 4.78 is 1.70. The first-order chi connectivity index (χ1) is 12.9. The molecule has 0 saturated heterocycles. The quantitative estimate of drug-likeness (QED) is 0.462. The summed E-state index contributed by atoms with van der Waals surface area (Å²) in [6, 6.07) is 13.8. The molecule has 6 nitrogen and oxygen atoms in total. The van der Waals surface area contributed by atoms with Gasteiger partial charge >= 0.3 is 5.97 Å². The number of benzene rings is 2. The average Bonchev–Trinajstić information content (AvgIpc) is 2.91. The lowest BCUT2D eigenvalue weighted by Crippen LogP contribution is -2.02. The van der Waals surface area contributed by atoms with Crippen molar-refractivity contribution in [3.05, 3.63) is 81.1 Å². The van der Waals surface area contributed by atoms with Crippen LogP contribution in [-0.4, -0.2) is 27.1 Å². The van der Waals surface area contributed by atoms with E-state index in [1.807, 2.05) is 31.2 Å². The lowest BCUT2D eigenvalue weighted by molar-refractivity contribution is 0.0697. The van der Waals surface area contributed by atoms with Gasteiger partial charge in [-0.25, -0.2) is 9.48 Å². The Morgan fingerprint density at radius 2 is 1.85 bits per heavy atom. The third-order valence-electron chi connectivity index (χ3n) is 3.87. The molecular weight excluding hydrogens is 387 g/mol. The average molecular weight is 403 g/mol. The number of aryl methyl sites for hydroxylation is 1. The maximum Gasteiger partial charge on any atom is 0.335 e.